The van der Waals surface area contributed by atoms with Crippen LogP contribution in [0.3, 0.4) is 0 Å². The molecule has 102 valence electrons. The van der Waals surface area contributed by atoms with E-state index < -0.39 is 0 Å². The molecule has 5 heteroatoms. The summed E-state index contributed by atoms with van der Waals surface area (Å²) >= 11 is 0. The SMILES string of the molecule is CN(C)C(=NCCC1CCCCO1)N(C)C.I. The molecular formula is C12H26IN3O. The Kier molecular flexibility index (Phi) is 8.94. The van der Waals surface area contributed by atoms with Crippen LogP contribution in [0.5, 0.6) is 0 Å². The summed E-state index contributed by atoms with van der Waals surface area (Å²) in [5.41, 5.74) is 0. The maximum atomic E-state index is 5.68. The van der Waals surface area contributed by atoms with Gasteiger partial charge < -0.3 is 14.5 Å². The normalized spacial score (nSPS) is 19.2. The molecule has 0 amide bonds. The van der Waals surface area contributed by atoms with Gasteiger partial charge in [-0.05, 0) is 25.7 Å². The highest BCUT2D eigenvalue weighted by Gasteiger charge is 2.13. The van der Waals surface area contributed by atoms with Gasteiger partial charge in [-0.2, -0.15) is 0 Å². The van der Waals surface area contributed by atoms with Crippen LogP contribution in [0.15, 0.2) is 4.99 Å². The predicted octanol–water partition coefficient (Wildman–Crippen LogP) is 2.04. The Bertz CT molecular complexity index is 216. The summed E-state index contributed by atoms with van der Waals surface area (Å²) in [4.78, 5) is 8.69. The minimum Gasteiger partial charge on any atom is -0.378 e. The highest BCUT2D eigenvalue weighted by Crippen LogP contribution is 2.15. The topological polar surface area (TPSA) is 28.1 Å². The maximum absolute atomic E-state index is 5.68. The average Bonchev–Trinajstić information content (AvgIpc) is 2.24. The first-order valence-corrected chi connectivity index (χ1v) is 6.12. The maximum Gasteiger partial charge on any atom is 0.195 e. The van der Waals surface area contributed by atoms with Gasteiger partial charge in [-0.1, -0.05) is 0 Å². The summed E-state index contributed by atoms with van der Waals surface area (Å²) in [5.74, 6) is 1.02. The van der Waals surface area contributed by atoms with Crippen LogP contribution in [0.4, 0.5) is 0 Å². The second-order valence-electron chi connectivity index (χ2n) is 4.75. The van der Waals surface area contributed by atoms with Crippen molar-refractivity contribution in [3.8, 4) is 0 Å². The zero-order valence-corrected chi connectivity index (χ0v) is 13.8. The van der Waals surface area contributed by atoms with Gasteiger partial charge in [-0.25, -0.2) is 0 Å². The number of halogens is 1. The van der Waals surface area contributed by atoms with E-state index in [1.54, 1.807) is 0 Å². The number of nitrogens with zero attached hydrogens (tertiary/aromatic N) is 3. The molecule has 0 aromatic rings. The van der Waals surface area contributed by atoms with Gasteiger partial charge in [-0.3, -0.25) is 4.99 Å². The quantitative estimate of drug-likeness (QED) is 0.441. The molecule has 0 saturated carbocycles. The van der Waals surface area contributed by atoms with Crippen LogP contribution >= 0.6 is 24.0 Å². The Morgan fingerprint density at radius 1 is 1.18 bits per heavy atom. The van der Waals surface area contributed by atoms with Crippen molar-refractivity contribution in [2.24, 2.45) is 4.99 Å². The van der Waals surface area contributed by atoms with Crippen LogP contribution in [0, 0.1) is 0 Å². The molecule has 1 rings (SSSR count). The Hall–Kier alpha value is -0.0400. The molecule has 4 nitrogen and oxygen atoms in total. The lowest BCUT2D eigenvalue weighted by molar-refractivity contribution is 0.0128. The van der Waals surface area contributed by atoms with Crippen molar-refractivity contribution in [3.63, 3.8) is 0 Å². The van der Waals surface area contributed by atoms with Gasteiger partial charge in [0.25, 0.3) is 0 Å². The molecule has 0 aromatic carbocycles. The van der Waals surface area contributed by atoms with Gasteiger partial charge in [0.15, 0.2) is 5.96 Å². The van der Waals surface area contributed by atoms with Crippen molar-refractivity contribution in [3.05, 3.63) is 0 Å². The van der Waals surface area contributed by atoms with Crippen LogP contribution in [-0.2, 0) is 4.74 Å². The van der Waals surface area contributed by atoms with E-state index in [4.69, 9.17) is 4.74 Å². The first-order chi connectivity index (χ1) is 7.61. The van der Waals surface area contributed by atoms with Crippen LogP contribution in [0.1, 0.15) is 25.7 Å². The zero-order valence-electron chi connectivity index (χ0n) is 11.5. The van der Waals surface area contributed by atoms with Gasteiger partial charge in [0.2, 0.25) is 0 Å². The highest BCUT2D eigenvalue weighted by molar-refractivity contribution is 14.0. The summed E-state index contributed by atoms with van der Waals surface area (Å²) in [6.07, 6.45) is 5.21. The van der Waals surface area contributed by atoms with Crippen LogP contribution in [0.2, 0.25) is 0 Å². The third-order valence-electron chi connectivity index (χ3n) is 2.78. The molecule has 0 radical (unpaired) electrons. The fourth-order valence-electron chi connectivity index (χ4n) is 2.03. The van der Waals surface area contributed by atoms with Crippen LogP contribution < -0.4 is 0 Å². The number of rotatable bonds is 3. The van der Waals surface area contributed by atoms with Gasteiger partial charge in [0, 0.05) is 41.3 Å². The van der Waals surface area contributed by atoms with Crippen molar-refractivity contribution in [1.29, 1.82) is 0 Å². The van der Waals surface area contributed by atoms with E-state index in [1.807, 2.05) is 38.0 Å². The molecule has 1 fully saturated rings. The van der Waals surface area contributed by atoms with Gasteiger partial charge in [0.1, 0.15) is 0 Å². The Morgan fingerprint density at radius 2 is 1.82 bits per heavy atom. The molecule has 1 saturated heterocycles. The summed E-state index contributed by atoms with van der Waals surface area (Å²) in [5, 5.41) is 0. The minimum absolute atomic E-state index is 0. The first kappa shape index (κ1) is 17.0. The second kappa shape index (κ2) is 8.97. The second-order valence-corrected chi connectivity index (χ2v) is 4.75. The Morgan fingerprint density at radius 3 is 2.29 bits per heavy atom. The number of hydrogen-bond donors (Lipinski definition) is 0. The summed E-state index contributed by atoms with van der Waals surface area (Å²) in [6.45, 7) is 1.79. The third-order valence-corrected chi connectivity index (χ3v) is 2.78. The molecule has 1 aliphatic heterocycles. The molecule has 1 heterocycles. The number of hydrogen-bond acceptors (Lipinski definition) is 2. The van der Waals surface area contributed by atoms with Gasteiger partial charge in [-0.15, -0.1) is 24.0 Å². The lowest BCUT2D eigenvalue weighted by Gasteiger charge is -2.24. The van der Waals surface area contributed by atoms with Gasteiger partial charge >= 0.3 is 0 Å². The van der Waals surface area contributed by atoms with Crippen LogP contribution in [0.25, 0.3) is 0 Å². The largest absolute Gasteiger partial charge is 0.378 e. The van der Waals surface area contributed by atoms with Gasteiger partial charge in [0.05, 0.1) is 6.10 Å². The standard InChI is InChI=1S/C12H25N3O.HI/c1-14(2)12(15(3)4)13-9-8-11-7-5-6-10-16-11;/h11H,5-10H2,1-4H3;1H. The molecule has 0 spiro atoms. The van der Waals surface area contributed by atoms with E-state index >= 15 is 0 Å². The fraction of sp³-hybridized carbons (Fsp3) is 0.917. The number of aliphatic imine (C=N–C) groups is 1. The minimum atomic E-state index is 0. The monoisotopic (exact) mass is 355 g/mol. The van der Waals surface area contributed by atoms with Crippen LogP contribution in [-0.4, -0.2) is 63.2 Å². The molecule has 0 aliphatic carbocycles. The predicted molar refractivity (Wildman–Crippen MR) is 83.3 cm³/mol. The van der Waals surface area contributed by atoms with Crippen molar-refractivity contribution in [2.75, 3.05) is 41.3 Å². The van der Waals surface area contributed by atoms with E-state index in [-0.39, 0.29) is 24.0 Å². The van der Waals surface area contributed by atoms with E-state index in [9.17, 15) is 0 Å². The van der Waals surface area contributed by atoms with Crippen molar-refractivity contribution in [1.82, 2.24) is 9.80 Å². The molecule has 1 atom stereocenters. The van der Waals surface area contributed by atoms with Crippen molar-refractivity contribution >= 4 is 29.9 Å². The van der Waals surface area contributed by atoms with E-state index in [0.717, 1.165) is 25.5 Å². The van der Waals surface area contributed by atoms with Crippen molar-refractivity contribution < 1.29 is 4.74 Å². The fourth-order valence-corrected chi connectivity index (χ4v) is 2.03. The van der Waals surface area contributed by atoms with Crippen molar-refractivity contribution in [2.45, 2.75) is 31.8 Å². The summed E-state index contributed by atoms with van der Waals surface area (Å²) in [7, 11) is 8.10. The zero-order chi connectivity index (χ0) is 12.0. The summed E-state index contributed by atoms with van der Waals surface area (Å²) in [6, 6.07) is 0. The van der Waals surface area contributed by atoms with E-state index in [1.165, 1.54) is 19.3 Å². The molecular weight excluding hydrogens is 329 g/mol. The third kappa shape index (κ3) is 6.45. The molecule has 17 heavy (non-hydrogen) atoms. The first-order valence-electron chi connectivity index (χ1n) is 6.12. The van der Waals surface area contributed by atoms with E-state index in [2.05, 4.69) is 4.99 Å². The molecule has 0 bridgehead atoms. The highest BCUT2D eigenvalue weighted by atomic mass is 127. The molecule has 1 aliphatic rings. The lowest BCUT2D eigenvalue weighted by atomic mass is 10.1. The van der Waals surface area contributed by atoms with E-state index in [0.29, 0.717) is 6.10 Å². The molecule has 0 N–H and O–H groups in total. The number of guanidine groups is 1. The molecule has 1 unspecified atom stereocenters. The Labute approximate surface area is 122 Å². The number of ether oxygens (including phenoxy) is 1. The molecule has 0 aromatic heterocycles. The lowest BCUT2D eigenvalue weighted by Crippen LogP contribution is -2.35. The Balaban J connectivity index is 0.00000256. The average molecular weight is 355 g/mol. The smallest absolute Gasteiger partial charge is 0.195 e. The summed E-state index contributed by atoms with van der Waals surface area (Å²) < 4.78 is 5.68.